The number of nitrogens with zero attached hydrogens (tertiary/aromatic N) is 2. The van der Waals surface area contributed by atoms with Crippen molar-refractivity contribution < 1.29 is 28.1 Å². The second-order valence-corrected chi connectivity index (χ2v) is 9.40. The van der Waals surface area contributed by atoms with Crippen LogP contribution in [-0.4, -0.2) is 73.9 Å². The van der Waals surface area contributed by atoms with Gasteiger partial charge in [0.15, 0.2) is 0 Å². The highest BCUT2D eigenvalue weighted by atomic mass is 19.1. The van der Waals surface area contributed by atoms with Crippen LogP contribution in [0.25, 0.3) is 10.9 Å². The number of carbonyl (C=O) groups excluding carboxylic acids is 1. The number of fused-ring (bicyclic) bond motifs is 1. The van der Waals surface area contributed by atoms with Crippen molar-refractivity contribution in [1.82, 2.24) is 9.47 Å². The molecule has 1 atom stereocenters. The third kappa shape index (κ3) is 7.42. The molecule has 2 aromatic rings. The standard InChI is InChI=1S/C25H37FN2O5/c1-25(2,3)33-24(29)28-9-5-6-21(28)16-19-18-27(23-17-20(26)7-8-22(19)23)10-11-31-14-15-32-13-12-30-4/h7-8,17-18,21H,5-6,9-16H2,1-4H3/t21-/m0/s1. The molecule has 33 heavy (non-hydrogen) atoms. The Morgan fingerprint density at radius 2 is 1.85 bits per heavy atom. The van der Waals surface area contributed by atoms with Crippen molar-refractivity contribution >= 4 is 17.0 Å². The Kier molecular flexibility index (Phi) is 9.11. The Bertz CT molecular complexity index is 908. The molecular formula is C25H37FN2O5. The summed E-state index contributed by atoms with van der Waals surface area (Å²) in [5.41, 5.74) is 1.42. The lowest BCUT2D eigenvalue weighted by Crippen LogP contribution is -2.40. The molecule has 2 heterocycles. The summed E-state index contributed by atoms with van der Waals surface area (Å²) in [5.74, 6) is -0.267. The summed E-state index contributed by atoms with van der Waals surface area (Å²) in [6, 6.07) is 4.95. The number of amides is 1. The summed E-state index contributed by atoms with van der Waals surface area (Å²) < 4.78 is 37.7. The van der Waals surface area contributed by atoms with E-state index in [-0.39, 0.29) is 18.0 Å². The highest BCUT2D eigenvalue weighted by molar-refractivity contribution is 5.84. The van der Waals surface area contributed by atoms with Crippen LogP contribution in [0.2, 0.25) is 0 Å². The van der Waals surface area contributed by atoms with E-state index in [1.807, 2.05) is 36.3 Å². The van der Waals surface area contributed by atoms with Crippen LogP contribution in [0.5, 0.6) is 0 Å². The van der Waals surface area contributed by atoms with Gasteiger partial charge in [0.2, 0.25) is 0 Å². The third-order valence-corrected chi connectivity index (χ3v) is 5.67. The van der Waals surface area contributed by atoms with Gasteiger partial charge in [-0.25, -0.2) is 9.18 Å². The van der Waals surface area contributed by atoms with Crippen LogP contribution in [0.15, 0.2) is 24.4 Å². The maximum Gasteiger partial charge on any atom is 0.410 e. The zero-order valence-electron chi connectivity index (χ0n) is 20.3. The molecule has 1 aromatic heterocycles. The lowest BCUT2D eigenvalue weighted by molar-refractivity contribution is 0.0226. The molecule has 1 aliphatic rings. The highest BCUT2D eigenvalue weighted by Crippen LogP contribution is 2.29. The molecule has 1 fully saturated rings. The average molecular weight is 465 g/mol. The fourth-order valence-electron chi connectivity index (χ4n) is 4.18. The minimum absolute atomic E-state index is 0.0736. The number of hydrogen-bond donors (Lipinski definition) is 0. The third-order valence-electron chi connectivity index (χ3n) is 5.67. The summed E-state index contributed by atoms with van der Waals surface area (Å²) in [6.45, 7) is 9.58. The number of carbonyl (C=O) groups is 1. The van der Waals surface area contributed by atoms with Crippen molar-refractivity contribution in [2.45, 2.75) is 58.2 Å². The molecule has 0 radical (unpaired) electrons. The number of benzene rings is 1. The first kappa shape index (κ1) is 25.5. The van der Waals surface area contributed by atoms with Gasteiger partial charge in [0.05, 0.1) is 38.6 Å². The molecule has 1 amide bonds. The van der Waals surface area contributed by atoms with E-state index in [0.29, 0.717) is 52.5 Å². The first-order valence-electron chi connectivity index (χ1n) is 11.7. The van der Waals surface area contributed by atoms with Crippen molar-refractivity contribution in [2.75, 3.05) is 46.7 Å². The minimum atomic E-state index is -0.521. The van der Waals surface area contributed by atoms with Crippen LogP contribution < -0.4 is 0 Å². The molecule has 3 rings (SSSR count). The minimum Gasteiger partial charge on any atom is -0.444 e. The summed E-state index contributed by atoms with van der Waals surface area (Å²) in [4.78, 5) is 14.5. The zero-order chi connectivity index (χ0) is 23.8. The van der Waals surface area contributed by atoms with E-state index >= 15 is 0 Å². The van der Waals surface area contributed by atoms with Gasteiger partial charge in [-0.3, -0.25) is 0 Å². The summed E-state index contributed by atoms with van der Waals surface area (Å²) >= 11 is 0. The van der Waals surface area contributed by atoms with Gasteiger partial charge in [0.25, 0.3) is 0 Å². The smallest absolute Gasteiger partial charge is 0.410 e. The Labute approximate surface area is 195 Å². The molecule has 1 aromatic carbocycles. The molecule has 184 valence electrons. The van der Waals surface area contributed by atoms with Crippen LogP contribution in [0.3, 0.4) is 0 Å². The first-order chi connectivity index (χ1) is 15.8. The largest absolute Gasteiger partial charge is 0.444 e. The van der Waals surface area contributed by atoms with E-state index in [2.05, 4.69) is 6.20 Å². The van der Waals surface area contributed by atoms with Crippen molar-refractivity contribution in [2.24, 2.45) is 0 Å². The highest BCUT2D eigenvalue weighted by Gasteiger charge is 2.32. The second kappa shape index (κ2) is 11.8. The van der Waals surface area contributed by atoms with Gasteiger partial charge in [-0.1, -0.05) is 0 Å². The molecule has 1 saturated heterocycles. The van der Waals surface area contributed by atoms with Gasteiger partial charge < -0.3 is 28.4 Å². The van der Waals surface area contributed by atoms with Crippen LogP contribution in [0, 0.1) is 5.82 Å². The predicted octanol–water partition coefficient (Wildman–Crippen LogP) is 4.40. The number of rotatable bonds is 11. The van der Waals surface area contributed by atoms with E-state index in [1.54, 1.807) is 13.2 Å². The van der Waals surface area contributed by atoms with Gasteiger partial charge in [0, 0.05) is 37.8 Å². The molecule has 0 bridgehead atoms. The van der Waals surface area contributed by atoms with E-state index in [9.17, 15) is 9.18 Å². The maximum absolute atomic E-state index is 14.0. The fourth-order valence-corrected chi connectivity index (χ4v) is 4.18. The molecule has 0 saturated carbocycles. The Hall–Kier alpha value is -2.16. The van der Waals surface area contributed by atoms with Crippen LogP contribution in [0.4, 0.5) is 9.18 Å². The monoisotopic (exact) mass is 464 g/mol. The van der Waals surface area contributed by atoms with Crippen molar-refractivity contribution in [3.63, 3.8) is 0 Å². The summed E-state index contributed by atoms with van der Waals surface area (Å²) in [7, 11) is 1.64. The number of ether oxygens (including phenoxy) is 4. The lowest BCUT2D eigenvalue weighted by atomic mass is 10.0. The van der Waals surface area contributed by atoms with Crippen molar-refractivity contribution in [3.05, 3.63) is 35.8 Å². The number of hydrogen-bond acceptors (Lipinski definition) is 5. The number of likely N-dealkylation sites (tertiary alicyclic amines) is 1. The van der Waals surface area contributed by atoms with E-state index in [1.165, 1.54) is 6.07 Å². The maximum atomic E-state index is 14.0. The number of methoxy groups -OCH3 is 1. The molecule has 0 N–H and O–H groups in total. The number of aromatic nitrogens is 1. The molecule has 8 heteroatoms. The van der Waals surface area contributed by atoms with Crippen molar-refractivity contribution in [3.8, 4) is 0 Å². The van der Waals surface area contributed by atoms with E-state index in [4.69, 9.17) is 18.9 Å². The molecule has 0 spiro atoms. The molecule has 1 aliphatic heterocycles. The Morgan fingerprint density at radius 1 is 1.12 bits per heavy atom. The number of halogens is 1. The average Bonchev–Trinajstić information content (AvgIpc) is 3.34. The SMILES string of the molecule is COCCOCCOCCn1cc(C[C@@H]2CCCN2C(=O)OC(C)(C)C)c2ccc(F)cc21. The van der Waals surface area contributed by atoms with Gasteiger partial charge in [-0.2, -0.15) is 0 Å². The Morgan fingerprint density at radius 3 is 2.58 bits per heavy atom. The lowest BCUT2D eigenvalue weighted by Gasteiger charge is -2.28. The van der Waals surface area contributed by atoms with Crippen LogP contribution in [-0.2, 0) is 31.9 Å². The van der Waals surface area contributed by atoms with Crippen LogP contribution in [0.1, 0.15) is 39.2 Å². The van der Waals surface area contributed by atoms with E-state index < -0.39 is 5.60 Å². The first-order valence-corrected chi connectivity index (χ1v) is 11.7. The molecule has 7 nitrogen and oxygen atoms in total. The molecule has 0 unspecified atom stereocenters. The predicted molar refractivity (Wildman–Crippen MR) is 125 cm³/mol. The summed E-state index contributed by atoms with van der Waals surface area (Å²) in [6.07, 6.45) is 4.40. The van der Waals surface area contributed by atoms with Gasteiger partial charge >= 0.3 is 6.09 Å². The second-order valence-electron chi connectivity index (χ2n) is 9.40. The zero-order valence-corrected chi connectivity index (χ0v) is 20.3. The van der Waals surface area contributed by atoms with Gasteiger partial charge in [0.1, 0.15) is 11.4 Å². The van der Waals surface area contributed by atoms with E-state index in [0.717, 1.165) is 29.3 Å². The normalized spacial score (nSPS) is 16.6. The van der Waals surface area contributed by atoms with Crippen LogP contribution >= 0.6 is 0 Å². The quantitative estimate of drug-likeness (QED) is 0.461. The Balaban J connectivity index is 1.64. The molecular weight excluding hydrogens is 427 g/mol. The van der Waals surface area contributed by atoms with Crippen molar-refractivity contribution in [1.29, 1.82) is 0 Å². The summed E-state index contributed by atoms with van der Waals surface area (Å²) in [5, 5.41) is 1.01. The van der Waals surface area contributed by atoms with Gasteiger partial charge in [-0.15, -0.1) is 0 Å². The van der Waals surface area contributed by atoms with Gasteiger partial charge in [-0.05, 0) is 63.8 Å². The molecule has 0 aliphatic carbocycles. The fraction of sp³-hybridized carbons (Fsp3) is 0.640. The topological polar surface area (TPSA) is 62.2 Å².